The fourth-order valence-electron chi connectivity index (χ4n) is 1.55. The number of benzene rings is 1. The topological polar surface area (TPSA) is 52.5 Å². The van der Waals surface area contributed by atoms with E-state index in [9.17, 15) is 14.6 Å². The van der Waals surface area contributed by atoms with Gasteiger partial charge < -0.3 is 15.5 Å². The second-order valence-electron chi connectivity index (χ2n) is 3.93. The van der Waals surface area contributed by atoms with Gasteiger partial charge in [-0.15, -0.1) is 0 Å². The van der Waals surface area contributed by atoms with Gasteiger partial charge >= 0.3 is 0 Å². The minimum absolute atomic E-state index is 0.156. The van der Waals surface area contributed by atoms with E-state index < -0.39 is 18.0 Å². The van der Waals surface area contributed by atoms with Gasteiger partial charge in [0.05, 0.1) is 6.10 Å². The van der Waals surface area contributed by atoms with Crippen LogP contribution in [0.1, 0.15) is 23.7 Å². The lowest BCUT2D eigenvalue weighted by molar-refractivity contribution is 0.0120. The van der Waals surface area contributed by atoms with E-state index in [1.165, 1.54) is 6.07 Å². The molecule has 3 N–H and O–H groups in total. The van der Waals surface area contributed by atoms with Crippen LogP contribution in [0.15, 0.2) is 18.2 Å². The Balaban J connectivity index is 2.78. The molecule has 2 unspecified atom stereocenters. The van der Waals surface area contributed by atoms with Crippen LogP contribution >= 0.6 is 0 Å². The molecule has 90 valence electrons. The Morgan fingerprint density at radius 3 is 2.69 bits per heavy atom. The van der Waals surface area contributed by atoms with Crippen molar-refractivity contribution in [3.63, 3.8) is 0 Å². The summed E-state index contributed by atoms with van der Waals surface area (Å²) < 4.78 is 13.4. The zero-order chi connectivity index (χ0) is 12.1. The van der Waals surface area contributed by atoms with Crippen molar-refractivity contribution in [1.82, 2.24) is 5.32 Å². The van der Waals surface area contributed by atoms with Gasteiger partial charge in [-0.2, -0.15) is 0 Å². The number of aliphatic hydroxyl groups excluding tert-OH is 2. The molecule has 1 rings (SSSR count). The molecule has 1 aromatic carbocycles. The van der Waals surface area contributed by atoms with E-state index in [2.05, 4.69) is 5.32 Å². The molecular weight excluding hydrogens is 209 g/mol. The third kappa shape index (κ3) is 3.27. The average Bonchev–Trinajstić information content (AvgIpc) is 2.28. The monoisotopic (exact) mass is 227 g/mol. The Morgan fingerprint density at radius 2 is 2.06 bits per heavy atom. The fraction of sp³-hybridized carbons (Fsp3) is 0.500. The molecule has 0 aromatic heterocycles. The summed E-state index contributed by atoms with van der Waals surface area (Å²) in [6.45, 7) is 2.39. The quantitative estimate of drug-likeness (QED) is 0.707. The Hall–Kier alpha value is -0.970. The molecule has 0 spiro atoms. The smallest absolute Gasteiger partial charge is 0.129 e. The van der Waals surface area contributed by atoms with E-state index in [1.54, 1.807) is 19.2 Å². The predicted octanol–water partition coefficient (Wildman–Crippen LogP) is 1.14. The normalized spacial score (nSPS) is 14.8. The molecule has 0 saturated heterocycles. The van der Waals surface area contributed by atoms with Crippen molar-refractivity contribution >= 4 is 0 Å². The summed E-state index contributed by atoms with van der Waals surface area (Å²) in [7, 11) is 1.76. The first-order valence-electron chi connectivity index (χ1n) is 5.33. The van der Waals surface area contributed by atoms with Crippen LogP contribution in [-0.4, -0.2) is 29.9 Å². The maximum absolute atomic E-state index is 13.4. The first-order valence-corrected chi connectivity index (χ1v) is 5.33. The van der Waals surface area contributed by atoms with Gasteiger partial charge in [-0.25, -0.2) is 4.39 Å². The van der Waals surface area contributed by atoms with E-state index in [0.717, 1.165) is 5.56 Å². The third-order valence-electron chi connectivity index (χ3n) is 2.52. The molecule has 0 aliphatic carbocycles. The molecule has 0 aliphatic rings. The summed E-state index contributed by atoms with van der Waals surface area (Å²) in [6, 6.07) is 4.49. The summed E-state index contributed by atoms with van der Waals surface area (Å²) in [5, 5.41) is 22.3. The number of aryl methyl sites for hydroxylation is 1. The molecule has 4 heteroatoms. The van der Waals surface area contributed by atoms with Crippen LogP contribution < -0.4 is 5.32 Å². The van der Waals surface area contributed by atoms with Gasteiger partial charge in [0, 0.05) is 5.56 Å². The molecule has 0 amide bonds. The van der Waals surface area contributed by atoms with Crippen LogP contribution in [0.4, 0.5) is 4.39 Å². The van der Waals surface area contributed by atoms with Gasteiger partial charge in [0.25, 0.3) is 0 Å². The van der Waals surface area contributed by atoms with Crippen LogP contribution in [0.25, 0.3) is 0 Å². The fourth-order valence-corrected chi connectivity index (χ4v) is 1.55. The zero-order valence-electron chi connectivity index (χ0n) is 9.57. The summed E-state index contributed by atoms with van der Waals surface area (Å²) >= 11 is 0. The minimum atomic E-state index is -1.17. The van der Waals surface area contributed by atoms with Crippen LogP contribution in [-0.2, 0) is 0 Å². The van der Waals surface area contributed by atoms with Crippen molar-refractivity contribution in [2.45, 2.75) is 25.6 Å². The Bertz CT molecular complexity index is 344. The highest BCUT2D eigenvalue weighted by atomic mass is 19.1. The second-order valence-corrected chi connectivity index (χ2v) is 3.93. The summed E-state index contributed by atoms with van der Waals surface area (Å²) in [5.74, 6) is -0.485. The van der Waals surface area contributed by atoms with Gasteiger partial charge in [0.2, 0.25) is 0 Å². The van der Waals surface area contributed by atoms with Gasteiger partial charge in [0.1, 0.15) is 11.9 Å². The van der Waals surface area contributed by atoms with Crippen LogP contribution in [0.5, 0.6) is 0 Å². The van der Waals surface area contributed by atoms with E-state index in [1.807, 2.05) is 6.92 Å². The van der Waals surface area contributed by atoms with Crippen molar-refractivity contribution in [2.24, 2.45) is 0 Å². The number of hydrogen-bond acceptors (Lipinski definition) is 3. The molecule has 0 bridgehead atoms. The molecule has 0 radical (unpaired) electrons. The predicted molar refractivity (Wildman–Crippen MR) is 60.6 cm³/mol. The third-order valence-corrected chi connectivity index (χ3v) is 2.52. The highest BCUT2D eigenvalue weighted by Crippen LogP contribution is 2.22. The Labute approximate surface area is 94.9 Å². The van der Waals surface area contributed by atoms with Gasteiger partial charge in [-0.1, -0.05) is 17.7 Å². The van der Waals surface area contributed by atoms with Gasteiger partial charge in [-0.3, -0.25) is 0 Å². The van der Waals surface area contributed by atoms with Crippen molar-refractivity contribution < 1.29 is 14.6 Å². The van der Waals surface area contributed by atoms with E-state index in [0.29, 0.717) is 13.0 Å². The second kappa shape index (κ2) is 5.94. The number of nitrogens with one attached hydrogen (secondary N) is 1. The zero-order valence-corrected chi connectivity index (χ0v) is 9.57. The standard InChI is InChI=1S/C12H18FNO2/c1-8-3-4-10(13)9(7-8)12(16)11(15)5-6-14-2/h3-4,7,11-12,14-16H,5-6H2,1-2H3. The molecule has 2 atom stereocenters. The highest BCUT2D eigenvalue weighted by molar-refractivity contribution is 5.26. The SMILES string of the molecule is CNCCC(O)C(O)c1cc(C)ccc1F. The van der Waals surface area contributed by atoms with Crippen LogP contribution in [0.2, 0.25) is 0 Å². The lowest BCUT2D eigenvalue weighted by Gasteiger charge is -2.18. The van der Waals surface area contributed by atoms with E-state index in [4.69, 9.17) is 0 Å². The number of aliphatic hydroxyl groups is 2. The maximum atomic E-state index is 13.4. The van der Waals surface area contributed by atoms with Crippen LogP contribution in [0.3, 0.4) is 0 Å². The van der Waals surface area contributed by atoms with Crippen molar-refractivity contribution in [3.05, 3.63) is 35.1 Å². The van der Waals surface area contributed by atoms with Crippen molar-refractivity contribution in [1.29, 1.82) is 0 Å². The molecule has 1 aromatic rings. The molecular formula is C12H18FNO2. The summed E-state index contributed by atoms with van der Waals surface area (Å²) in [4.78, 5) is 0. The van der Waals surface area contributed by atoms with Crippen molar-refractivity contribution in [3.8, 4) is 0 Å². The molecule has 16 heavy (non-hydrogen) atoms. The molecule has 0 fully saturated rings. The van der Waals surface area contributed by atoms with Gasteiger partial charge in [0.15, 0.2) is 0 Å². The molecule has 3 nitrogen and oxygen atoms in total. The molecule has 0 saturated carbocycles. The maximum Gasteiger partial charge on any atom is 0.129 e. The van der Waals surface area contributed by atoms with Crippen LogP contribution in [0, 0.1) is 12.7 Å². The van der Waals surface area contributed by atoms with Crippen molar-refractivity contribution in [2.75, 3.05) is 13.6 Å². The summed E-state index contributed by atoms with van der Waals surface area (Å²) in [5.41, 5.74) is 1.01. The lowest BCUT2D eigenvalue weighted by Crippen LogP contribution is -2.24. The van der Waals surface area contributed by atoms with E-state index >= 15 is 0 Å². The first-order chi connectivity index (χ1) is 7.56. The Morgan fingerprint density at radius 1 is 1.38 bits per heavy atom. The number of rotatable bonds is 5. The van der Waals surface area contributed by atoms with Gasteiger partial charge in [-0.05, 0) is 33.0 Å². The number of halogens is 1. The Kier molecular flexibility index (Phi) is 4.86. The minimum Gasteiger partial charge on any atom is -0.390 e. The first kappa shape index (κ1) is 13.1. The molecule has 0 aliphatic heterocycles. The summed E-state index contributed by atoms with van der Waals surface area (Å²) in [6.07, 6.45) is -1.75. The highest BCUT2D eigenvalue weighted by Gasteiger charge is 2.20. The molecule has 0 heterocycles. The van der Waals surface area contributed by atoms with E-state index in [-0.39, 0.29) is 5.56 Å². The average molecular weight is 227 g/mol. The lowest BCUT2D eigenvalue weighted by atomic mass is 10.00. The number of hydrogen-bond donors (Lipinski definition) is 3. The largest absolute Gasteiger partial charge is 0.390 e.